The molecule has 8 heteroatoms. The first-order chi connectivity index (χ1) is 15.1. The molecule has 3 N–H and O–H groups in total. The lowest BCUT2D eigenvalue weighted by atomic mass is 9.91. The minimum atomic E-state index is -0.0541. The van der Waals surface area contributed by atoms with Crippen LogP contribution in [0.3, 0.4) is 0 Å². The van der Waals surface area contributed by atoms with Crippen LogP contribution in [-0.2, 0) is 19.3 Å². The molecule has 31 heavy (non-hydrogen) atoms. The molecule has 0 aromatic carbocycles. The third-order valence-corrected chi connectivity index (χ3v) is 7.15. The number of aromatic nitrogens is 2. The second-order valence-electron chi connectivity index (χ2n) is 8.82. The van der Waals surface area contributed by atoms with E-state index in [-0.39, 0.29) is 12.1 Å². The SMILES string of the molecule is CN(C)c1nc(NC2CCC(NC(=O)NCCc3cccs3)CC2)nc2c1CCCC2. The number of aryl methyl sites for hydroxylation is 1. The number of thiophene rings is 1. The smallest absolute Gasteiger partial charge is 0.315 e. The average Bonchev–Trinajstić information content (AvgIpc) is 3.28. The fourth-order valence-electron chi connectivity index (χ4n) is 4.56. The monoisotopic (exact) mass is 442 g/mol. The summed E-state index contributed by atoms with van der Waals surface area (Å²) in [4.78, 5) is 25.3. The normalized spacial score (nSPS) is 20.6. The zero-order valence-corrected chi connectivity index (χ0v) is 19.4. The van der Waals surface area contributed by atoms with Crippen molar-refractivity contribution >= 4 is 29.1 Å². The van der Waals surface area contributed by atoms with Crippen LogP contribution in [-0.4, -0.2) is 48.7 Å². The number of urea groups is 1. The van der Waals surface area contributed by atoms with Crippen LogP contribution in [0.25, 0.3) is 0 Å². The Morgan fingerprint density at radius 1 is 1.13 bits per heavy atom. The van der Waals surface area contributed by atoms with Gasteiger partial charge in [0.15, 0.2) is 0 Å². The standard InChI is InChI=1S/C23H34N6OS/c1-29(2)21-19-7-3-4-8-20(19)27-22(28-21)25-16-9-11-17(12-10-16)26-23(30)24-14-13-18-6-5-15-31-18/h5-6,15-17H,3-4,7-14H2,1-2H3,(H2,24,26,30)(H,25,27,28). The number of anilines is 2. The molecular formula is C23H34N6OS. The number of nitrogens with one attached hydrogen (secondary N) is 3. The summed E-state index contributed by atoms with van der Waals surface area (Å²) >= 11 is 1.73. The van der Waals surface area contributed by atoms with Crippen molar-refractivity contribution in [2.24, 2.45) is 0 Å². The number of fused-ring (bicyclic) bond motifs is 1. The van der Waals surface area contributed by atoms with E-state index in [2.05, 4.69) is 46.4 Å². The number of amides is 2. The van der Waals surface area contributed by atoms with Crippen molar-refractivity contribution in [1.29, 1.82) is 0 Å². The summed E-state index contributed by atoms with van der Waals surface area (Å²) in [6.07, 6.45) is 9.42. The lowest BCUT2D eigenvalue weighted by molar-refractivity contribution is 0.232. The van der Waals surface area contributed by atoms with E-state index < -0.39 is 0 Å². The van der Waals surface area contributed by atoms with Gasteiger partial charge in [0.05, 0.1) is 5.69 Å². The predicted octanol–water partition coefficient (Wildman–Crippen LogP) is 3.75. The Balaban J connectivity index is 1.24. The van der Waals surface area contributed by atoms with Crippen LogP contribution in [0.4, 0.5) is 16.6 Å². The molecule has 168 valence electrons. The average molecular weight is 443 g/mol. The highest BCUT2D eigenvalue weighted by Crippen LogP contribution is 2.29. The fraction of sp³-hybridized carbons (Fsp3) is 0.609. The maximum absolute atomic E-state index is 12.2. The van der Waals surface area contributed by atoms with Crippen LogP contribution in [0, 0.1) is 0 Å². The molecule has 7 nitrogen and oxygen atoms in total. The highest BCUT2D eigenvalue weighted by atomic mass is 32.1. The van der Waals surface area contributed by atoms with Crippen molar-refractivity contribution in [3.05, 3.63) is 33.6 Å². The van der Waals surface area contributed by atoms with Crippen molar-refractivity contribution in [2.45, 2.75) is 69.9 Å². The molecule has 0 saturated heterocycles. The van der Waals surface area contributed by atoms with Gasteiger partial charge in [-0.15, -0.1) is 11.3 Å². The molecular weight excluding hydrogens is 408 g/mol. The topological polar surface area (TPSA) is 82.2 Å². The quantitative estimate of drug-likeness (QED) is 0.608. The zero-order chi connectivity index (χ0) is 21.6. The molecule has 2 aromatic rings. The van der Waals surface area contributed by atoms with Gasteiger partial charge in [-0.2, -0.15) is 4.98 Å². The van der Waals surface area contributed by atoms with Gasteiger partial charge in [0.2, 0.25) is 5.95 Å². The van der Waals surface area contributed by atoms with Crippen molar-refractivity contribution < 1.29 is 4.79 Å². The molecule has 0 radical (unpaired) electrons. The van der Waals surface area contributed by atoms with Crippen molar-refractivity contribution in [3.8, 4) is 0 Å². The van der Waals surface area contributed by atoms with E-state index in [0.29, 0.717) is 12.6 Å². The molecule has 0 aliphatic heterocycles. The van der Waals surface area contributed by atoms with Gasteiger partial charge in [-0.3, -0.25) is 0 Å². The number of carbonyl (C=O) groups is 1. The number of nitrogens with zero attached hydrogens (tertiary/aromatic N) is 3. The first-order valence-electron chi connectivity index (χ1n) is 11.5. The molecule has 2 aromatic heterocycles. The minimum absolute atomic E-state index is 0.0541. The molecule has 1 fully saturated rings. The molecule has 0 atom stereocenters. The highest BCUT2D eigenvalue weighted by Gasteiger charge is 2.24. The Bertz CT molecular complexity index is 861. The van der Waals surface area contributed by atoms with Gasteiger partial charge in [-0.1, -0.05) is 6.07 Å². The van der Waals surface area contributed by atoms with Crippen LogP contribution in [0.15, 0.2) is 17.5 Å². The molecule has 2 amide bonds. The van der Waals surface area contributed by atoms with Crippen LogP contribution in [0.1, 0.15) is 54.7 Å². The zero-order valence-electron chi connectivity index (χ0n) is 18.6. The van der Waals surface area contributed by atoms with Crippen molar-refractivity contribution in [2.75, 3.05) is 30.9 Å². The van der Waals surface area contributed by atoms with Gasteiger partial charge in [0.1, 0.15) is 5.82 Å². The second-order valence-corrected chi connectivity index (χ2v) is 9.85. The predicted molar refractivity (Wildman–Crippen MR) is 127 cm³/mol. The van der Waals surface area contributed by atoms with Crippen LogP contribution >= 0.6 is 11.3 Å². The number of rotatable bonds is 7. The highest BCUT2D eigenvalue weighted by molar-refractivity contribution is 7.09. The Morgan fingerprint density at radius 2 is 1.90 bits per heavy atom. The van der Waals surface area contributed by atoms with Gasteiger partial charge in [-0.05, 0) is 69.2 Å². The Hall–Kier alpha value is -2.35. The summed E-state index contributed by atoms with van der Waals surface area (Å²) in [6, 6.07) is 4.69. The molecule has 0 spiro atoms. The van der Waals surface area contributed by atoms with Crippen LogP contribution in [0.2, 0.25) is 0 Å². The van der Waals surface area contributed by atoms with E-state index in [1.165, 1.54) is 29.0 Å². The van der Waals surface area contributed by atoms with Gasteiger partial charge in [0, 0.05) is 43.2 Å². The van der Waals surface area contributed by atoms with Gasteiger partial charge >= 0.3 is 6.03 Å². The molecule has 1 saturated carbocycles. The maximum Gasteiger partial charge on any atom is 0.315 e. The Kier molecular flexibility index (Phi) is 7.27. The fourth-order valence-corrected chi connectivity index (χ4v) is 5.27. The lowest BCUT2D eigenvalue weighted by Gasteiger charge is -2.30. The van der Waals surface area contributed by atoms with Crippen LogP contribution < -0.4 is 20.9 Å². The van der Waals surface area contributed by atoms with E-state index in [1.54, 1.807) is 11.3 Å². The summed E-state index contributed by atoms with van der Waals surface area (Å²) in [5, 5.41) is 11.8. The van der Waals surface area contributed by atoms with Gasteiger partial charge in [-0.25, -0.2) is 9.78 Å². The molecule has 4 rings (SSSR count). The number of carbonyl (C=O) groups excluding carboxylic acids is 1. The maximum atomic E-state index is 12.2. The second kappa shape index (κ2) is 10.3. The third kappa shape index (κ3) is 5.87. The van der Waals surface area contributed by atoms with E-state index in [9.17, 15) is 4.79 Å². The summed E-state index contributed by atoms with van der Waals surface area (Å²) in [5.74, 6) is 1.81. The van der Waals surface area contributed by atoms with Gasteiger partial charge in [0.25, 0.3) is 0 Å². The Labute approximate surface area is 189 Å². The largest absolute Gasteiger partial charge is 0.362 e. The van der Waals surface area contributed by atoms with Crippen molar-refractivity contribution in [3.63, 3.8) is 0 Å². The first-order valence-corrected chi connectivity index (χ1v) is 12.4. The summed E-state index contributed by atoms with van der Waals surface area (Å²) in [6.45, 7) is 0.674. The summed E-state index contributed by atoms with van der Waals surface area (Å²) in [7, 11) is 4.12. The van der Waals surface area contributed by atoms with Crippen LogP contribution in [0.5, 0.6) is 0 Å². The number of hydrogen-bond donors (Lipinski definition) is 3. The molecule has 0 bridgehead atoms. The first kappa shape index (κ1) is 21.9. The summed E-state index contributed by atoms with van der Waals surface area (Å²) in [5.41, 5.74) is 2.53. The molecule has 0 unspecified atom stereocenters. The molecule has 2 aliphatic carbocycles. The molecule has 2 heterocycles. The third-order valence-electron chi connectivity index (χ3n) is 6.22. The van der Waals surface area contributed by atoms with E-state index >= 15 is 0 Å². The van der Waals surface area contributed by atoms with E-state index in [0.717, 1.165) is 56.7 Å². The van der Waals surface area contributed by atoms with Gasteiger partial charge < -0.3 is 20.9 Å². The lowest BCUT2D eigenvalue weighted by Crippen LogP contribution is -2.45. The minimum Gasteiger partial charge on any atom is -0.362 e. The van der Waals surface area contributed by atoms with E-state index in [4.69, 9.17) is 9.97 Å². The number of hydrogen-bond acceptors (Lipinski definition) is 6. The molecule has 2 aliphatic rings. The summed E-state index contributed by atoms with van der Waals surface area (Å²) < 4.78 is 0. The Morgan fingerprint density at radius 3 is 2.65 bits per heavy atom. The van der Waals surface area contributed by atoms with E-state index in [1.807, 2.05) is 6.07 Å². The van der Waals surface area contributed by atoms with Crippen molar-refractivity contribution in [1.82, 2.24) is 20.6 Å².